The summed E-state index contributed by atoms with van der Waals surface area (Å²) < 4.78 is 0. The number of hydrogen-bond donors (Lipinski definition) is 1. The predicted octanol–water partition coefficient (Wildman–Crippen LogP) is 2.34. The zero-order valence-corrected chi connectivity index (χ0v) is 8.97. The van der Waals surface area contributed by atoms with Crippen molar-refractivity contribution in [3.63, 3.8) is 0 Å². The minimum absolute atomic E-state index is 0.266. The van der Waals surface area contributed by atoms with Crippen LogP contribution < -0.4 is 5.32 Å². The zero-order valence-electron chi connectivity index (χ0n) is 8.97. The maximum Gasteiger partial charge on any atom is 0.223 e. The Morgan fingerprint density at radius 2 is 1.77 bits per heavy atom. The molecular weight excluding hydrogens is 162 g/mol. The van der Waals surface area contributed by atoms with Gasteiger partial charge in [-0.3, -0.25) is 4.79 Å². The third-order valence-corrected chi connectivity index (χ3v) is 2.82. The SMILES string of the molecule is CC1CCC(C(=O)NC(C)C)CC1. The van der Waals surface area contributed by atoms with Gasteiger partial charge in [0.2, 0.25) is 5.91 Å². The van der Waals surface area contributed by atoms with Crippen LogP contribution >= 0.6 is 0 Å². The number of hydrogen-bond acceptors (Lipinski definition) is 1. The van der Waals surface area contributed by atoms with Gasteiger partial charge in [0, 0.05) is 12.0 Å². The van der Waals surface area contributed by atoms with Crippen molar-refractivity contribution in [2.45, 2.75) is 52.5 Å². The Morgan fingerprint density at radius 3 is 2.23 bits per heavy atom. The second-order valence-corrected chi connectivity index (χ2v) is 4.62. The van der Waals surface area contributed by atoms with Gasteiger partial charge in [-0.05, 0) is 45.4 Å². The first kappa shape index (κ1) is 10.6. The van der Waals surface area contributed by atoms with Crippen LogP contribution in [0.4, 0.5) is 0 Å². The first-order valence-electron chi connectivity index (χ1n) is 5.40. The van der Waals surface area contributed by atoms with Gasteiger partial charge in [-0.25, -0.2) is 0 Å². The van der Waals surface area contributed by atoms with Gasteiger partial charge >= 0.3 is 0 Å². The van der Waals surface area contributed by atoms with E-state index in [1.807, 2.05) is 13.8 Å². The second kappa shape index (κ2) is 4.64. The maximum atomic E-state index is 11.6. The van der Waals surface area contributed by atoms with Gasteiger partial charge in [-0.2, -0.15) is 0 Å². The highest BCUT2D eigenvalue weighted by Crippen LogP contribution is 2.28. The van der Waals surface area contributed by atoms with E-state index in [0.29, 0.717) is 5.92 Å². The smallest absolute Gasteiger partial charge is 0.223 e. The van der Waals surface area contributed by atoms with E-state index in [9.17, 15) is 4.79 Å². The lowest BCUT2D eigenvalue weighted by Gasteiger charge is -2.25. The summed E-state index contributed by atoms with van der Waals surface area (Å²) in [4.78, 5) is 11.6. The molecule has 0 aliphatic heterocycles. The van der Waals surface area contributed by atoms with Crippen molar-refractivity contribution in [2.75, 3.05) is 0 Å². The molecule has 0 bridgehead atoms. The number of nitrogens with one attached hydrogen (secondary N) is 1. The highest BCUT2D eigenvalue weighted by atomic mass is 16.1. The molecule has 0 unspecified atom stereocenters. The number of carbonyl (C=O) groups excluding carboxylic acids is 1. The number of amides is 1. The summed E-state index contributed by atoms with van der Waals surface area (Å²) in [6.45, 7) is 6.31. The van der Waals surface area contributed by atoms with Crippen molar-refractivity contribution in [2.24, 2.45) is 11.8 Å². The highest BCUT2D eigenvalue weighted by molar-refractivity contribution is 5.78. The van der Waals surface area contributed by atoms with E-state index in [0.717, 1.165) is 18.8 Å². The van der Waals surface area contributed by atoms with Gasteiger partial charge in [0.1, 0.15) is 0 Å². The van der Waals surface area contributed by atoms with E-state index in [2.05, 4.69) is 12.2 Å². The third kappa shape index (κ3) is 3.37. The molecule has 13 heavy (non-hydrogen) atoms. The normalized spacial score (nSPS) is 28.9. The minimum atomic E-state index is 0.266. The fraction of sp³-hybridized carbons (Fsp3) is 0.909. The summed E-state index contributed by atoms with van der Waals surface area (Å²) >= 11 is 0. The van der Waals surface area contributed by atoms with E-state index in [4.69, 9.17) is 0 Å². The number of carbonyl (C=O) groups is 1. The van der Waals surface area contributed by atoms with Crippen molar-refractivity contribution < 1.29 is 4.79 Å². The van der Waals surface area contributed by atoms with Crippen molar-refractivity contribution in [3.05, 3.63) is 0 Å². The molecule has 1 fully saturated rings. The molecule has 1 aliphatic rings. The molecule has 0 saturated heterocycles. The lowest BCUT2D eigenvalue weighted by Crippen LogP contribution is -2.37. The average Bonchev–Trinajstić information content (AvgIpc) is 2.04. The molecule has 0 aromatic carbocycles. The van der Waals surface area contributed by atoms with Gasteiger partial charge in [-0.1, -0.05) is 6.92 Å². The van der Waals surface area contributed by atoms with Gasteiger partial charge in [0.15, 0.2) is 0 Å². The Morgan fingerprint density at radius 1 is 1.23 bits per heavy atom. The van der Waals surface area contributed by atoms with Crippen LogP contribution in [0.2, 0.25) is 0 Å². The molecule has 1 amide bonds. The Labute approximate surface area is 81.1 Å². The Balaban J connectivity index is 2.31. The third-order valence-electron chi connectivity index (χ3n) is 2.82. The summed E-state index contributed by atoms with van der Waals surface area (Å²) in [5.41, 5.74) is 0. The molecule has 0 aromatic rings. The van der Waals surface area contributed by atoms with E-state index < -0.39 is 0 Å². The Kier molecular flexibility index (Phi) is 3.76. The quantitative estimate of drug-likeness (QED) is 0.699. The predicted molar refractivity (Wildman–Crippen MR) is 54.4 cm³/mol. The van der Waals surface area contributed by atoms with Crippen LogP contribution in [0.25, 0.3) is 0 Å². The molecule has 0 spiro atoms. The molecule has 76 valence electrons. The van der Waals surface area contributed by atoms with Crippen molar-refractivity contribution >= 4 is 5.91 Å². The van der Waals surface area contributed by atoms with Crippen LogP contribution in [0.3, 0.4) is 0 Å². The van der Waals surface area contributed by atoms with Crippen LogP contribution in [0.1, 0.15) is 46.5 Å². The molecule has 0 radical (unpaired) electrons. The summed E-state index contributed by atoms with van der Waals surface area (Å²) in [6, 6.07) is 0.284. The molecule has 0 heterocycles. The molecule has 1 rings (SSSR count). The van der Waals surface area contributed by atoms with Crippen LogP contribution in [-0.2, 0) is 4.79 Å². The molecular formula is C11H21NO. The van der Waals surface area contributed by atoms with Crippen molar-refractivity contribution in [1.29, 1.82) is 0 Å². The summed E-state index contributed by atoms with van der Waals surface area (Å²) in [7, 11) is 0. The van der Waals surface area contributed by atoms with E-state index in [-0.39, 0.29) is 11.9 Å². The minimum Gasteiger partial charge on any atom is -0.354 e. The highest BCUT2D eigenvalue weighted by Gasteiger charge is 2.24. The average molecular weight is 183 g/mol. The Bertz CT molecular complexity index is 169. The second-order valence-electron chi connectivity index (χ2n) is 4.62. The van der Waals surface area contributed by atoms with E-state index in [1.54, 1.807) is 0 Å². The molecule has 2 heteroatoms. The first-order valence-corrected chi connectivity index (χ1v) is 5.40. The first-order chi connectivity index (χ1) is 6.09. The topological polar surface area (TPSA) is 29.1 Å². The molecule has 1 aliphatic carbocycles. The van der Waals surface area contributed by atoms with Crippen LogP contribution in [0.5, 0.6) is 0 Å². The van der Waals surface area contributed by atoms with Gasteiger partial charge in [-0.15, -0.1) is 0 Å². The molecule has 2 nitrogen and oxygen atoms in total. The summed E-state index contributed by atoms with van der Waals surface area (Å²) in [5, 5.41) is 2.99. The molecule has 1 saturated carbocycles. The standard InChI is InChI=1S/C11H21NO/c1-8(2)12-11(13)10-6-4-9(3)5-7-10/h8-10H,4-7H2,1-3H3,(H,12,13). The van der Waals surface area contributed by atoms with Gasteiger partial charge in [0.05, 0.1) is 0 Å². The van der Waals surface area contributed by atoms with E-state index in [1.165, 1.54) is 12.8 Å². The summed E-state index contributed by atoms with van der Waals surface area (Å²) in [5.74, 6) is 1.38. The molecule has 0 atom stereocenters. The zero-order chi connectivity index (χ0) is 9.84. The van der Waals surface area contributed by atoms with E-state index >= 15 is 0 Å². The maximum absolute atomic E-state index is 11.6. The number of rotatable bonds is 2. The lowest BCUT2D eigenvalue weighted by atomic mass is 9.82. The van der Waals surface area contributed by atoms with Crippen molar-refractivity contribution in [1.82, 2.24) is 5.32 Å². The fourth-order valence-corrected chi connectivity index (χ4v) is 1.92. The van der Waals surface area contributed by atoms with Crippen molar-refractivity contribution in [3.8, 4) is 0 Å². The van der Waals surface area contributed by atoms with Crippen LogP contribution in [-0.4, -0.2) is 11.9 Å². The van der Waals surface area contributed by atoms with Crippen LogP contribution in [0.15, 0.2) is 0 Å². The Hall–Kier alpha value is -0.530. The monoisotopic (exact) mass is 183 g/mol. The van der Waals surface area contributed by atoms with Gasteiger partial charge < -0.3 is 5.32 Å². The lowest BCUT2D eigenvalue weighted by molar-refractivity contribution is -0.126. The molecule has 0 aromatic heterocycles. The summed E-state index contributed by atoms with van der Waals surface area (Å²) in [6.07, 6.45) is 4.60. The molecule has 1 N–H and O–H groups in total. The van der Waals surface area contributed by atoms with Crippen LogP contribution in [0, 0.1) is 11.8 Å². The van der Waals surface area contributed by atoms with Gasteiger partial charge in [0.25, 0.3) is 0 Å². The fourth-order valence-electron chi connectivity index (χ4n) is 1.92. The largest absolute Gasteiger partial charge is 0.354 e.